The lowest BCUT2D eigenvalue weighted by Gasteiger charge is -2.26. The summed E-state index contributed by atoms with van der Waals surface area (Å²) in [5.74, 6) is -1.14. The Labute approximate surface area is 163 Å². The molecule has 0 saturated heterocycles. The Morgan fingerprint density at radius 3 is 2.46 bits per heavy atom. The summed E-state index contributed by atoms with van der Waals surface area (Å²) in [6, 6.07) is 3.76. The summed E-state index contributed by atoms with van der Waals surface area (Å²) in [7, 11) is 1.79. The van der Waals surface area contributed by atoms with E-state index < -0.39 is 28.9 Å². The van der Waals surface area contributed by atoms with Crippen molar-refractivity contribution < 1.29 is 22.8 Å². The molecule has 0 saturated carbocycles. The second kappa shape index (κ2) is 8.22. The standard InChI is InChI=1S/C19H26F2N4O3/c1-18(2,3)27-17(26)23-19(4,5)16-22-15(28-24-16)11-25(6)10-12-7-8-13(20)14(21)9-12/h7-9H,10-11H2,1-6H3,(H,23,26). The fourth-order valence-electron chi connectivity index (χ4n) is 2.42. The molecule has 1 heterocycles. The van der Waals surface area contributed by atoms with E-state index in [1.807, 2.05) is 4.90 Å². The van der Waals surface area contributed by atoms with Gasteiger partial charge in [0, 0.05) is 6.54 Å². The highest BCUT2D eigenvalue weighted by Crippen LogP contribution is 2.19. The molecule has 28 heavy (non-hydrogen) atoms. The minimum absolute atomic E-state index is 0.300. The third-order valence-electron chi connectivity index (χ3n) is 3.68. The van der Waals surface area contributed by atoms with Crippen LogP contribution in [-0.4, -0.2) is 33.8 Å². The quantitative estimate of drug-likeness (QED) is 0.801. The molecule has 1 aromatic heterocycles. The average molecular weight is 396 g/mol. The zero-order valence-corrected chi connectivity index (χ0v) is 17.0. The zero-order chi connectivity index (χ0) is 21.1. The van der Waals surface area contributed by atoms with E-state index in [4.69, 9.17) is 9.26 Å². The highest BCUT2D eigenvalue weighted by atomic mass is 19.2. The van der Waals surface area contributed by atoms with Crippen molar-refractivity contribution in [1.82, 2.24) is 20.4 Å². The molecule has 2 aromatic rings. The predicted molar refractivity (Wildman–Crippen MR) is 98.2 cm³/mol. The van der Waals surface area contributed by atoms with Crippen molar-refractivity contribution in [3.05, 3.63) is 47.1 Å². The molecule has 1 amide bonds. The number of ether oxygens (including phenoxy) is 1. The van der Waals surface area contributed by atoms with Crippen LogP contribution in [0.25, 0.3) is 0 Å². The number of halogens is 2. The van der Waals surface area contributed by atoms with Gasteiger partial charge >= 0.3 is 6.09 Å². The normalized spacial score (nSPS) is 12.3. The van der Waals surface area contributed by atoms with Gasteiger partial charge in [-0.1, -0.05) is 11.2 Å². The maximum atomic E-state index is 13.3. The van der Waals surface area contributed by atoms with Crippen LogP contribution in [0, 0.1) is 11.6 Å². The fourth-order valence-corrected chi connectivity index (χ4v) is 2.42. The zero-order valence-electron chi connectivity index (χ0n) is 17.0. The molecule has 0 aliphatic heterocycles. The van der Waals surface area contributed by atoms with Crippen LogP contribution >= 0.6 is 0 Å². The van der Waals surface area contributed by atoms with Gasteiger partial charge in [0.25, 0.3) is 0 Å². The molecule has 1 N–H and O–H groups in total. The number of carbonyl (C=O) groups is 1. The van der Waals surface area contributed by atoms with E-state index >= 15 is 0 Å². The van der Waals surface area contributed by atoms with Crippen LogP contribution in [0.3, 0.4) is 0 Å². The molecule has 0 atom stereocenters. The Hall–Kier alpha value is -2.55. The number of amides is 1. The van der Waals surface area contributed by atoms with Crippen molar-refractivity contribution in [3.8, 4) is 0 Å². The first kappa shape index (κ1) is 21.7. The van der Waals surface area contributed by atoms with Crippen LogP contribution in [0.15, 0.2) is 22.7 Å². The van der Waals surface area contributed by atoms with Gasteiger partial charge in [-0.05, 0) is 59.4 Å². The second-order valence-corrected chi connectivity index (χ2v) is 8.18. The summed E-state index contributed by atoms with van der Waals surface area (Å²) < 4.78 is 36.8. The van der Waals surface area contributed by atoms with E-state index in [1.165, 1.54) is 6.07 Å². The van der Waals surface area contributed by atoms with E-state index in [0.717, 1.165) is 12.1 Å². The monoisotopic (exact) mass is 396 g/mol. The third-order valence-corrected chi connectivity index (χ3v) is 3.68. The van der Waals surface area contributed by atoms with Gasteiger partial charge in [-0.15, -0.1) is 0 Å². The van der Waals surface area contributed by atoms with E-state index in [-0.39, 0.29) is 0 Å². The summed E-state index contributed by atoms with van der Waals surface area (Å²) in [5, 5.41) is 6.64. The van der Waals surface area contributed by atoms with Crippen molar-refractivity contribution in [2.24, 2.45) is 0 Å². The number of alkyl carbamates (subject to hydrolysis) is 1. The minimum Gasteiger partial charge on any atom is -0.444 e. The molecule has 154 valence electrons. The Balaban J connectivity index is 1.98. The molecular formula is C19H26F2N4O3. The first-order valence-corrected chi connectivity index (χ1v) is 8.82. The highest BCUT2D eigenvalue weighted by molar-refractivity contribution is 5.68. The molecule has 2 rings (SSSR count). The number of hydrogen-bond acceptors (Lipinski definition) is 6. The van der Waals surface area contributed by atoms with Crippen LogP contribution in [-0.2, 0) is 23.4 Å². The largest absolute Gasteiger partial charge is 0.444 e. The number of rotatable bonds is 6. The first-order valence-electron chi connectivity index (χ1n) is 8.82. The summed E-state index contributed by atoms with van der Waals surface area (Å²) in [6.45, 7) is 9.45. The van der Waals surface area contributed by atoms with Crippen LogP contribution in [0.2, 0.25) is 0 Å². The lowest BCUT2D eigenvalue weighted by molar-refractivity contribution is 0.0465. The van der Waals surface area contributed by atoms with Crippen molar-refractivity contribution in [3.63, 3.8) is 0 Å². The van der Waals surface area contributed by atoms with Crippen molar-refractivity contribution in [1.29, 1.82) is 0 Å². The summed E-state index contributed by atoms with van der Waals surface area (Å²) in [5.41, 5.74) is -0.901. The molecule has 1 aromatic carbocycles. The molecule has 0 bridgehead atoms. The lowest BCUT2D eigenvalue weighted by atomic mass is 10.1. The van der Waals surface area contributed by atoms with Crippen LogP contribution in [0.1, 0.15) is 51.9 Å². The molecule has 0 aliphatic carbocycles. The molecule has 0 radical (unpaired) electrons. The number of carbonyl (C=O) groups excluding carboxylic acids is 1. The Kier molecular flexibility index (Phi) is 6.38. The van der Waals surface area contributed by atoms with E-state index in [1.54, 1.807) is 41.7 Å². The summed E-state index contributed by atoms with van der Waals surface area (Å²) in [6.07, 6.45) is -0.584. The van der Waals surface area contributed by atoms with Crippen LogP contribution in [0.4, 0.5) is 13.6 Å². The Morgan fingerprint density at radius 2 is 1.86 bits per heavy atom. The Bertz CT molecular complexity index is 831. The van der Waals surface area contributed by atoms with E-state index in [2.05, 4.69) is 15.5 Å². The van der Waals surface area contributed by atoms with Gasteiger partial charge in [-0.3, -0.25) is 4.90 Å². The number of benzene rings is 1. The van der Waals surface area contributed by atoms with Gasteiger partial charge in [-0.2, -0.15) is 4.98 Å². The van der Waals surface area contributed by atoms with E-state index in [9.17, 15) is 13.6 Å². The smallest absolute Gasteiger partial charge is 0.408 e. The fraction of sp³-hybridized carbons (Fsp3) is 0.526. The van der Waals surface area contributed by atoms with Gasteiger partial charge in [0.1, 0.15) is 11.1 Å². The van der Waals surface area contributed by atoms with Crippen LogP contribution in [0.5, 0.6) is 0 Å². The van der Waals surface area contributed by atoms with Gasteiger partial charge in [0.05, 0.1) is 6.54 Å². The van der Waals surface area contributed by atoms with Gasteiger partial charge in [-0.25, -0.2) is 13.6 Å². The molecule has 0 unspecified atom stereocenters. The molecule has 0 spiro atoms. The average Bonchev–Trinajstić information content (AvgIpc) is 2.97. The maximum absolute atomic E-state index is 13.3. The van der Waals surface area contributed by atoms with Crippen molar-refractivity contribution >= 4 is 6.09 Å². The summed E-state index contributed by atoms with van der Waals surface area (Å²) in [4.78, 5) is 18.1. The maximum Gasteiger partial charge on any atom is 0.408 e. The van der Waals surface area contributed by atoms with Gasteiger partial charge < -0.3 is 14.6 Å². The van der Waals surface area contributed by atoms with Gasteiger partial charge in [0.2, 0.25) is 5.89 Å². The summed E-state index contributed by atoms with van der Waals surface area (Å²) >= 11 is 0. The number of nitrogens with zero attached hydrogens (tertiary/aromatic N) is 3. The molecular weight excluding hydrogens is 370 g/mol. The molecule has 9 heteroatoms. The minimum atomic E-state index is -0.900. The van der Waals surface area contributed by atoms with E-state index in [0.29, 0.717) is 30.4 Å². The third kappa shape index (κ3) is 6.26. The predicted octanol–water partition coefficient (Wildman–Crippen LogP) is 3.74. The molecule has 0 fully saturated rings. The topological polar surface area (TPSA) is 80.5 Å². The second-order valence-electron chi connectivity index (χ2n) is 8.18. The lowest BCUT2D eigenvalue weighted by Crippen LogP contribution is -2.44. The Morgan fingerprint density at radius 1 is 1.18 bits per heavy atom. The highest BCUT2D eigenvalue weighted by Gasteiger charge is 2.31. The number of hydrogen-bond donors (Lipinski definition) is 1. The first-order chi connectivity index (χ1) is 12.9. The number of nitrogens with one attached hydrogen (secondary N) is 1. The van der Waals surface area contributed by atoms with Crippen molar-refractivity contribution in [2.75, 3.05) is 7.05 Å². The SMILES string of the molecule is CN(Cc1ccc(F)c(F)c1)Cc1nc(C(C)(C)NC(=O)OC(C)(C)C)no1. The van der Waals surface area contributed by atoms with Crippen molar-refractivity contribution in [2.45, 2.75) is 58.8 Å². The number of aromatic nitrogens is 2. The molecule has 0 aliphatic rings. The molecule has 7 nitrogen and oxygen atoms in total. The van der Waals surface area contributed by atoms with Crippen LogP contribution < -0.4 is 5.32 Å². The van der Waals surface area contributed by atoms with Gasteiger partial charge in [0.15, 0.2) is 17.5 Å².